The van der Waals surface area contributed by atoms with Crippen LogP contribution in [-0.2, 0) is 0 Å². The van der Waals surface area contributed by atoms with E-state index in [1.165, 1.54) is 33.7 Å². The van der Waals surface area contributed by atoms with Crippen LogP contribution in [0.2, 0.25) is 0 Å². The van der Waals surface area contributed by atoms with Crippen LogP contribution in [0.5, 0.6) is 0 Å². The number of nitrogens with zero attached hydrogens (tertiary/aromatic N) is 2. The molecule has 0 spiro atoms. The van der Waals surface area contributed by atoms with Gasteiger partial charge in [-0.25, -0.2) is 4.98 Å². The van der Waals surface area contributed by atoms with Crippen molar-refractivity contribution in [2.24, 2.45) is 0 Å². The maximum Gasteiger partial charge on any atom is 0.266 e. The van der Waals surface area contributed by atoms with E-state index in [4.69, 9.17) is 34.8 Å². The van der Waals surface area contributed by atoms with Gasteiger partial charge >= 0.3 is 0 Å². The predicted molar refractivity (Wildman–Crippen MR) is 89.5 cm³/mol. The summed E-state index contributed by atoms with van der Waals surface area (Å²) in [7, 11) is 2.57. The molecular formula is C12H9Cl3N2O2S2. The number of aromatic nitrogens is 1. The van der Waals surface area contributed by atoms with Crippen LogP contribution in [0.15, 0.2) is 53.3 Å². The van der Waals surface area contributed by atoms with E-state index < -0.39 is 13.5 Å². The molecule has 0 aliphatic heterocycles. The molecule has 0 aromatic carbocycles. The summed E-state index contributed by atoms with van der Waals surface area (Å²) < 4.78 is -2.72. The van der Waals surface area contributed by atoms with Crippen LogP contribution in [-0.4, -0.2) is 18.4 Å². The summed E-state index contributed by atoms with van der Waals surface area (Å²) in [6.45, 7) is 0. The Morgan fingerprint density at radius 3 is 2.71 bits per heavy atom. The first-order valence-corrected chi connectivity index (χ1v) is 9.00. The van der Waals surface area contributed by atoms with Crippen LogP contribution in [0.1, 0.15) is 6.42 Å². The predicted octanol–water partition coefficient (Wildman–Crippen LogP) is 5.05. The Labute approximate surface area is 144 Å². The number of alkyl halides is 3. The molecule has 21 heavy (non-hydrogen) atoms. The number of nitro groups is 1. The minimum Gasteiger partial charge on any atom is -0.258 e. The molecule has 0 saturated carbocycles. The number of halogens is 3. The lowest BCUT2D eigenvalue weighted by molar-refractivity contribution is -0.419. The van der Waals surface area contributed by atoms with Crippen molar-refractivity contribution in [3.8, 4) is 0 Å². The minimum absolute atomic E-state index is 0.0818. The maximum absolute atomic E-state index is 11.0. The summed E-state index contributed by atoms with van der Waals surface area (Å²) in [6.07, 6.45) is 6.50. The van der Waals surface area contributed by atoms with E-state index in [1.807, 2.05) is 12.1 Å². The van der Waals surface area contributed by atoms with Gasteiger partial charge in [-0.15, -0.1) is 0 Å². The highest BCUT2D eigenvalue weighted by Crippen LogP contribution is 2.56. The third-order valence-corrected chi connectivity index (χ3v) is 7.08. The van der Waals surface area contributed by atoms with Crippen molar-refractivity contribution in [2.75, 3.05) is 0 Å². The summed E-state index contributed by atoms with van der Waals surface area (Å²) >= 11 is 18.2. The summed E-state index contributed by atoms with van der Waals surface area (Å²) in [4.78, 5) is 14.6. The largest absolute Gasteiger partial charge is 0.266 e. The summed E-state index contributed by atoms with van der Waals surface area (Å²) in [5, 5.41) is 11.7. The highest BCUT2D eigenvalue weighted by Gasteiger charge is 2.50. The van der Waals surface area contributed by atoms with E-state index in [1.54, 1.807) is 18.3 Å². The molecule has 1 unspecified atom stereocenters. The highest BCUT2D eigenvalue weighted by molar-refractivity contribution is 8.77. The summed E-state index contributed by atoms with van der Waals surface area (Å²) in [5.41, 5.74) is -0.0818. The lowest BCUT2D eigenvalue weighted by atomic mass is 10.00. The van der Waals surface area contributed by atoms with E-state index in [0.29, 0.717) is 6.42 Å². The standard InChI is InChI=1S/C12H9Cl3N2O2S2/c13-12(14,15)11(6-3-4-9(8-11)17(18)19)21-20-10-5-1-2-7-16-10/h1-5,7-8H,6H2. The topological polar surface area (TPSA) is 56.0 Å². The van der Waals surface area contributed by atoms with Crippen LogP contribution < -0.4 is 0 Å². The van der Waals surface area contributed by atoms with Crippen molar-refractivity contribution in [1.82, 2.24) is 4.98 Å². The Morgan fingerprint density at radius 1 is 1.38 bits per heavy atom. The molecule has 1 aromatic rings. The van der Waals surface area contributed by atoms with Crippen LogP contribution in [0.3, 0.4) is 0 Å². The number of allylic oxidation sites excluding steroid dienone is 2. The van der Waals surface area contributed by atoms with E-state index in [2.05, 4.69) is 4.98 Å². The van der Waals surface area contributed by atoms with Crippen LogP contribution in [0, 0.1) is 10.1 Å². The number of pyridine rings is 1. The molecule has 112 valence electrons. The quantitative estimate of drug-likeness (QED) is 0.315. The van der Waals surface area contributed by atoms with Crippen LogP contribution >= 0.6 is 56.4 Å². The monoisotopic (exact) mass is 382 g/mol. The Morgan fingerprint density at radius 2 is 2.14 bits per heavy atom. The molecule has 0 amide bonds. The first kappa shape index (κ1) is 17.0. The fourth-order valence-corrected chi connectivity index (χ4v) is 5.41. The second-order valence-corrected chi connectivity index (χ2v) is 8.92. The van der Waals surface area contributed by atoms with Gasteiger partial charge in [0.15, 0.2) is 0 Å². The van der Waals surface area contributed by atoms with Crippen molar-refractivity contribution in [1.29, 1.82) is 0 Å². The Hall–Kier alpha value is -0.400. The lowest BCUT2D eigenvalue weighted by Gasteiger charge is -2.35. The van der Waals surface area contributed by atoms with Gasteiger partial charge in [0.2, 0.25) is 3.79 Å². The van der Waals surface area contributed by atoms with Gasteiger partial charge in [-0.05, 0) is 29.3 Å². The molecule has 9 heteroatoms. The fraction of sp³-hybridized carbons (Fsp3) is 0.250. The first-order valence-electron chi connectivity index (χ1n) is 5.71. The molecule has 0 saturated heterocycles. The van der Waals surface area contributed by atoms with Crippen LogP contribution in [0.4, 0.5) is 0 Å². The van der Waals surface area contributed by atoms with Crippen LogP contribution in [0.25, 0.3) is 0 Å². The van der Waals surface area contributed by atoms with E-state index in [0.717, 1.165) is 5.03 Å². The van der Waals surface area contributed by atoms with Gasteiger partial charge in [0.1, 0.15) is 9.77 Å². The highest BCUT2D eigenvalue weighted by atomic mass is 35.6. The molecule has 0 fully saturated rings. The Bertz CT molecular complexity index is 590. The van der Waals surface area contributed by atoms with Crippen molar-refractivity contribution in [2.45, 2.75) is 20.0 Å². The zero-order valence-electron chi connectivity index (χ0n) is 10.4. The third-order valence-electron chi connectivity index (χ3n) is 2.69. The molecule has 1 aromatic heterocycles. The average Bonchev–Trinajstić information content (AvgIpc) is 2.45. The summed E-state index contributed by atoms with van der Waals surface area (Å²) in [5.74, 6) is 0. The minimum atomic E-state index is -1.69. The summed E-state index contributed by atoms with van der Waals surface area (Å²) in [6, 6.07) is 5.46. The van der Waals surface area contributed by atoms with Gasteiger partial charge in [0.05, 0.1) is 4.92 Å². The third kappa shape index (κ3) is 4.07. The van der Waals surface area contributed by atoms with Gasteiger partial charge in [-0.3, -0.25) is 10.1 Å². The van der Waals surface area contributed by atoms with E-state index in [9.17, 15) is 10.1 Å². The maximum atomic E-state index is 11.0. The molecule has 1 heterocycles. The molecular weight excluding hydrogens is 375 g/mol. The first-order chi connectivity index (χ1) is 9.84. The normalized spacial score (nSPS) is 22.0. The van der Waals surface area contributed by atoms with Gasteiger partial charge in [0.25, 0.3) is 5.70 Å². The number of hydrogen-bond donors (Lipinski definition) is 0. The van der Waals surface area contributed by atoms with Gasteiger partial charge in [-0.1, -0.05) is 57.7 Å². The molecule has 2 rings (SSSR count). The van der Waals surface area contributed by atoms with E-state index in [-0.39, 0.29) is 5.70 Å². The van der Waals surface area contributed by atoms with Crippen molar-refractivity contribution < 1.29 is 4.92 Å². The van der Waals surface area contributed by atoms with Gasteiger partial charge in [-0.2, -0.15) is 0 Å². The fourth-order valence-electron chi connectivity index (χ4n) is 1.63. The number of hydrogen-bond acceptors (Lipinski definition) is 5. The zero-order valence-corrected chi connectivity index (χ0v) is 14.3. The molecule has 1 atom stereocenters. The number of rotatable bonds is 4. The Kier molecular flexibility index (Phi) is 5.48. The Balaban J connectivity index is 2.27. The smallest absolute Gasteiger partial charge is 0.258 e. The SMILES string of the molecule is O=[N+]([O-])C1=CC(SSc2ccccn2)(C(Cl)(Cl)Cl)CC=C1. The second kappa shape index (κ2) is 6.79. The van der Waals surface area contributed by atoms with E-state index >= 15 is 0 Å². The zero-order chi connectivity index (χ0) is 15.5. The van der Waals surface area contributed by atoms with Crippen molar-refractivity contribution in [3.05, 3.63) is 58.4 Å². The molecule has 1 aliphatic rings. The second-order valence-electron chi connectivity index (χ2n) is 4.15. The molecule has 1 aliphatic carbocycles. The molecule has 4 nitrogen and oxygen atoms in total. The average molecular weight is 384 g/mol. The molecule has 0 bridgehead atoms. The van der Waals surface area contributed by atoms with Crippen molar-refractivity contribution in [3.63, 3.8) is 0 Å². The molecule has 0 N–H and O–H groups in total. The lowest BCUT2D eigenvalue weighted by Crippen LogP contribution is -2.38. The van der Waals surface area contributed by atoms with Crippen molar-refractivity contribution >= 4 is 56.4 Å². The van der Waals surface area contributed by atoms with Gasteiger partial charge < -0.3 is 0 Å². The van der Waals surface area contributed by atoms with Gasteiger partial charge in [0, 0.05) is 18.3 Å². The molecule has 0 radical (unpaired) electrons.